The Kier molecular flexibility index (Phi) is 4.78. The highest BCUT2D eigenvalue weighted by Gasteiger charge is 2.14. The topological polar surface area (TPSA) is 47.6 Å². The Morgan fingerprint density at radius 2 is 1.91 bits per heavy atom. The highest BCUT2D eigenvalue weighted by Crippen LogP contribution is 2.32. The first-order valence-electron chi connectivity index (χ1n) is 7.86. The SMILES string of the molecule is O=C(/C=C/C=C\c1ccc2c(c1)OCO2)NC1CCCCC1. The number of ether oxygens (including phenoxy) is 2. The lowest BCUT2D eigenvalue weighted by Gasteiger charge is -2.21. The van der Waals surface area contributed by atoms with Gasteiger partial charge in [0.25, 0.3) is 0 Å². The first-order valence-corrected chi connectivity index (χ1v) is 7.86. The Hall–Kier alpha value is -2.23. The first-order chi connectivity index (χ1) is 10.8. The molecule has 0 radical (unpaired) electrons. The van der Waals surface area contributed by atoms with E-state index in [4.69, 9.17) is 9.47 Å². The number of amides is 1. The van der Waals surface area contributed by atoms with Crippen LogP contribution in [0.3, 0.4) is 0 Å². The molecule has 4 heteroatoms. The third-order valence-electron chi connectivity index (χ3n) is 4.00. The monoisotopic (exact) mass is 299 g/mol. The van der Waals surface area contributed by atoms with Crippen LogP contribution >= 0.6 is 0 Å². The van der Waals surface area contributed by atoms with Gasteiger partial charge < -0.3 is 14.8 Å². The molecule has 1 aromatic rings. The van der Waals surface area contributed by atoms with Gasteiger partial charge in [0.05, 0.1) is 0 Å². The molecule has 0 spiro atoms. The van der Waals surface area contributed by atoms with E-state index in [2.05, 4.69) is 5.32 Å². The Labute approximate surface area is 130 Å². The van der Waals surface area contributed by atoms with Gasteiger partial charge in [-0.3, -0.25) is 4.79 Å². The summed E-state index contributed by atoms with van der Waals surface area (Å²) in [7, 11) is 0. The van der Waals surface area contributed by atoms with Crippen LogP contribution in [-0.4, -0.2) is 18.7 Å². The average molecular weight is 299 g/mol. The molecular weight excluding hydrogens is 278 g/mol. The largest absolute Gasteiger partial charge is 0.454 e. The number of benzene rings is 1. The van der Waals surface area contributed by atoms with E-state index in [0.717, 1.165) is 29.9 Å². The third-order valence-corrected chi connectivity index (χ3v) is 4.00. The zero-order chi connectivity index (χ0) is 15.2. The molecule has 3 rings (SSSR count). The Bertz CT molecular complexity index is 586. The van der Waals surface area contributed by atoms with Crippen molar-refractivity contribution in [3.63, 3.8) is 0 Å². The molecule has 1 heterocycles. The average Bonchev–Trinajstić information content (AvgIpc) is 3.00. The smallest absolute Gasteiger partial charge is 0.244 e. The van der Waals surface area contributed by atoms with Gasteiger partial charge in [0, 0.05) is 12.1 Å². The Balaban J connectivity index is 1.49. The molecular formula is C18H21NO3. The van der Waals surface area contributed by atoms with E-state index in [9.17, 15) is 4.79 Å². The zero-order valence-electron chi connectivity index (χ0n) is 12.6. The van der Waals surface area contributed by atoms with Gasteiger partial charge in [0.2, 0.25) is 12.7 Å². The van der Waals surface area contributed by atoms with Gasteiger partial charge in [-0.05, 0) is 30.5 Å². The number of hydrogen-bond acceptors (Lipinski definition) is 3. The van der Waals surface area contributed by atoms with E-state index in [1.54, 1.807) is 12.2 Å². The predicted octanol–water partition coefficient (Wildman–Crippen LogP) is 3.43. The van der Waals surface area contributed by atoms with Crippen LogP contribution in [0.5, 0.6) is 11.5 Å². The van der Waals surface area contributed by atoms with Gasteiger partial charge in [0.1, 0.15) is 0 Å². The third kappa shape index (κ3) is 3.91. The van der Waals surface area contributed by atoms with Crippen LogP contribution in [-0.2, 0) is 4.79 Å². The molecule has 1 aromatic carbocycles. The van der Waals surface area contributed by atoms with Crippen LogP contribution in [0.15, 0.2) is 36.4 Å². The van der Waals surface area contributed by atoms with Crippen LogP contribution in [0.2, 0.25) is 0 Å². The molecule has 2 aliphatic rings. The summed E-state index contributed by atoms with van der Waals surface area (Å²) in [6, 6.07) is 6.12. The minimum Gasteiger partial charge on any atom is -0.454 e. The van der Waals surface area contributed by atoms with Crippen LogP contribution in [0.25, 0.3) is 6.08 Å². The zero-order valence-corrected chi connectivity index (χ0v) is 12.6. The van der Waals surface area contributed by atoms with Gasteiger partial charge >= 0.3 is 0 Å². The molecule has 1 aliphatic heterocycles. The minimum absolute atomic E-state index is 0.0118. The highest BCUT2D eigenvalue weighted by atomic mass is 16.7. The number of fused-ring (bicyclic) bond motifs is 1. The van der Waals surface area contributed by atoms with Crippen molar-refractivity contribution in [2.24, 2.45) is 0 Å². The summed E-state index contributed by atoms with van der Waals surface area (Å²) in [5.74, 6) is 1.53. The second-order valence-electron chi connectivity index (χ2n) is 5.67. The molecule has 0 saturated heterocycles. The van der Waals surface area contributed by atoms with Crippen molar-refractivity contribution in [1.29, 1.82) is 0 Å². The lowest BCUT2D eigenvalue weighted by Crippen LogP contribution is -2.34. The van der Waals surface area contributed by atoms with Crippen molar-refractivity contribution >= 4 is 12.0 Å². The van der Waals surface area contributed by atoms with Crippen LogP contribution < -0.4 is 14.8 Å². The second kappa shape index (κ2) is 7.16. The van der Waals surface area contributed by atoms with Crippen LogP contribution in [0.4, 0.5) is 0 Å². The second-order valence-corrected chi connectivity index (χ2v) is 5.67. The number of rotatable bonds is 4. The van der Waals surface area contributed by atoms with Crippen LogP contribution in [0, 0.1) is 0 Å². The summed E-state index contributed by atoms with van der Waals surface area (Å²) in [4.78, 5) is 11.8. The quantitative estimate of drug-likeness (QED) is 0.684. The summed E-state index contributed by atoms with van der Waals surface area (Å²) in [6.45, 7) is 0.281. The maximum Gasteiger partial charge on any atom is 0.244 e. The molecule has 0 bridgehead atoms. The molecule has 1 aliphatic carbocycles. The molecule has 1 amide bonds. The molecule has 1 N–H and O–H groups in total. The van der Waals surface area contributed by atoms with Gasteiger partial charge in [-0.1, -0.05) is 43.6 Å². The van der Waals surface area contributed by atoms with E-state index in [1.165, 1.54) is 19.3 Å². The number of carbonyl (C=O) groups is 1. The summed E-state index contributed by atoms with van der Waals surface area (Å²) in [5.41, 5.74) is 1.02. The van der Waals surface area contributed by atoms with Crippen molar-refractivity contribution in [3.8, 4) is 11.5 Å². The van der Waals surface area contributed by atoms with E-state index in [-0.39, 0.29) is 12.7 Å². The fourth-order valence-electron chi connectivity index (χ4n) is 2.82. The summed E-state index contributed by atoms with van der Waals surface area (Å²) >= 11 is 0. The van der Waals surface area contributed by atoms with Gasteiger partial charge in [-0.15, -0.1) is 0 Å². The summed E-state index contributed by atoms with van der Waals surface area (Å²) in [6.07, 6.45) is 13.1. The number of nitrogens with one attached hydrogen (secondary N) is 1. The number of allylic oxidation sites excluding steroid dienone is 2. The van der Waals surface area contributed by atoms with E-state index >= 15 is 0 Å². The molecule has 0 atom stereocenters. The molecule has 1 fully saturated rings. The lowest BCUT2D eigenvalue weighted by molar-refractivity contribution is -0.117. The Morgan fingerprint density at radius 1 is 1.09 bits per heavy atom. The molecule has 0 unspecified atom stereocenters. The fraction of sp³-hybridized carbons (Fsp3) is 0.389. The predicted molar refractivity (Wildman–Crippen MR) is 85.8 cm³/mol. The first kappa shape index (κ1) is 14.7. The van der Waals surface area contributed by atoms with E-state index in [0.29, 0.717) is 6.04 Å². The molecule has 116 valence electrons. The van der Waals surface area contributed by atoms with E-state index < -0.39 is 0 Å². The van der Waals surface area contributed by atoms with Crippen molar-refractivity contribution in [2.75, 3.05) is 6.79 Å². The van der Waals surface area contributed by atoms with Crippen molar-refractivity contribution in [3.05, 3.63) is 42.0 Å². The lowest BCUT2D eigenvalue weighted by atomic mass is 9.95. The normalized spacial score (nSPS) is 18.2. The van der Waals surface area contributed by atoms with Crippen molar-refractivity contribution in [2.45, 2.75) is 38.1 Å². The molecule has 1 saturated carbocycles. The molecule has 0 aromatic heterocycles. The van der Waals surface area contributed by atoms with Crippen LogP contribution in [0.1, 0.15) is 37.7 Å². The van der Waals surface area contributed by atoms with Gasteiger partial charge in [-0.2, -0.15) is 0 Å². The highest BCUT2D eigenvalue weighted by molar-refractivity contribution is 5.88. The minimum atomic E-state index is -0.0118. The maximum atomic E-state index is 11.8. The summed E-state index contributed by atoms with van der Waals surface area (Å²) in [5, 5.41) is 3.06. The number of hydrogen-bond donors (Lipinski definition) is 1. The van der Waals surface area contributed by atoms with E-state index in [1.807, 2.05) is 30.4 Å². The maximum absolute atomic E-state index is 11.8. The summed E-state index contributed by atoms with van der Waals surface area (Å²) < 4.78 is 10.6. The van der Waals surface area contributed by atoms with Gasteiger partial charge in [0.15, 0.2) is 11.5 Å². The fourth-order valence-corrected chi connectivity index (χ4v) is 2.82. The van der Waals surface area contributed by atoms with Crippen molar-refractivity contribution in [1.82, 2.24) is 5.32 Å². The van der Waals surface area contributed by atoms with Gasteiger partial charge in [-0.25, -0.2) is 0 Å². The standard InChI is InChI=1S/C18H21NO3/c20-18(19-15-7-2-1-3-8-15)9-5-4-6-14-10-11-16-17(12-14)22-13-21-16/h4-6,9-12,15H,1-3,7-8,13H2,(H,19,20)/b6-4-,9-5+. The molecule has 4 nitrogen and oxygen atoms in total. The van der Waals surface area contributed by atoms with Crippen molar-refractivity contribution < 1.29 is 14.3 Å². The molecule has 22 heavy (non-hydrogen) atoms. The number of carbonyl (C=O) groups excluding carboxylic acids is 1. The Morgan fingerprint density at radius 3 is 2.77 bits per heavy atom.